The van der Waals surface area contributed by atoms with E-state index in [1.165, 1.54) is 12.0 Å². The molecule has 0 amide bonds. The molecule has 20 heavy (non-hydrogen) atoms. The van der Waals surface area contributed by atoms with Crippen molar-refractivity contribution in [3.05, 3.63) is 35.4 Å². The highest BCUT2D eigenvalue weighted by Crippen LogP contribution is 2.53. The van der Waals surface area contributed by atoms with E-state index >= 15 is 0 Å². The Balaban J connectivity index is 2.34. The van der Waals surface area contributed by atoms with Crippen molar-refractivity contribution in [2.24, 2.45) is 10.8 Å². The molecule has 112 valence electrons. The molecule has 1 N–H and O–H groups in total. The van der Waals surface area contributed by atoms with Crippen LogP contribution in [0.25, 0.3) is 0 Å². The molecule has 0 saturated heterocycles. The molecule has 0 radical (unpaired) electrons. The van der Waals surface area contributed by atoms with Gasteiger partial charge >= 0.3 is 0 Å². The molecule has 0 atom stereocenters. The summed E-state index contributed by atoms with van der Waals surface area (Å²) in [5, 5.41) is 11.2. The van der Waals surface area contributed by atoms with Gasteiger partial charge in [0.1, 0.15) is 0 Å². The first-order valence-electron chi connectivity index (χ1n) is 7.86. The van der Waals surface area contributed by atoms with Gasteiger partial charge in [-0.25, -0.2) is 0 Å². The Labute approximate surface area is 124 Å². The average molecular weight is 274 g/mol. The maximum atomic E-state index is 11.2. The SMILES string of the molecule is CC(C)c1ccc(C2(O)CC(C)(C)CC(C)(C)C2)cc1. The molecule has 1 aliphatic carbocycles. The third-order valence-corrected chi connectivity index (χ3v) is 4.61. The summed E-state index contributed by atoms with van der Waals surface area (Å²) in [6.07, 6.45) is 2.88. The number of hydrogen-bond donors (Lipinski definition) is 1. The first kappa shape index (κ1) is 15.6. The highest BCUT2D eigenvalue weighted by Gasteiger charge is 2.47. The van der Waals surface area contributed by atoms with Gasteiger partial charge in [-0.1, -0.05) is 65.8 Å². The lowest BCUT2D eigenvalue weighted by molar-refractivity contribution is -0.0912. The highest BCUT2D eigenvalue weighted by molar-refractivity contribution is 5.30. The monoisotopic (exact) mass is 274 g/mol. The molecule has 1 saturated carbocycles. The molecule has 1 heteroatoms. The predicted octanol–water partition coefficient (Wildman–Crippen LogP) is 5.23. The smallest absolute Gasteiger partial charge is 0.0906 e. The maximum absolute atomic E-state index is 11.2. The van der Waals surface area contributed by atoms with E-state index in [-0.39, 0.29) is 10.8 Å². The lowest BCUT2D eigenvalue weighted by Gasteiger charge is -2.49. The van der Waals surface area contributed by atoms with Crippen LogP contribution in [0.1, 0.15) is 77.8 Å². The first-order valence-corrected chi connectivity index (χ1v) is 7.86. The zero-order valence-electron chi connectivity index (χ0n) is 14.0. The van der Waals surface area contributed by atoms with E-state index in [1.54, 1.807) is 0 Å². The standard InChI is InChI=1S/C19H30O/c1-14(2)15-7-9-16(10-8-15)19(20)12-17(3,4)11-18(5,6)13-19/h7-10,14,20H,11-13H2,1-6H3. The van der Waals surface area contributed by atoms with Crippen molar-refractivity contribution in [1.82, 2.24) is 0 Å². The van der Waals surface area contributed by atoms with Crippen molar-refractivity contribution < 1.29 is 5.11 Å². The molecular formula is C19H30O. The Morgan fingerprint density at radius 3 is 1.70 bits per heavy atom. The minimum absolute atomic E-state index is 0.188. The molecule has 0 aliphatic heterocycles. The summed E-state index contributed by atoms with van der Waals surface area (Å²) in [4.78, 5) is 0. The molecule has 0 unspecified atom stereocenters. The van der Waals surface area contributed by atoms with Gasteiger partial charge in [0.15, 0.2) is 0 Å². The van der Waals surface area contributed by atoms with Crippen molar-refractivity contribution in [3.8, 4) is 0 Å². The van der Waals surface area contributed by atoms with Crippen molar-refractivity contribution in [3.63, 3.8) is 0 Å². The van der Waals surface area contributed by atoms with Gasteiger partial charge in [-0.2, -0.15) is 0 Å². The summed E-state index contributed by atoms with van der Waals surface area (Å²) in [7, 11) is 0. The number of hydrogen-bond acceptors (Lipinski definition) is 1. The summed E-state index contributed by atoms with van der Waals surface area (Å²) in [5.41, 5.74) is 2.12. The molecule has 1 aromatic carbocycles. The second kappa shape index (κ2) is 4.87. The first-order chi connectivity index (χ1) is 9.03. The largest absolute Gasteiger partial charge is 0.385 e. The van der Waals surface area contributed by atoms with Crippen LogP contribution in [0.3, 0.4) is 0 Å². The summed E-state index contributed by atoms with van der Waals surface area (Å²) in [6.45, 7) is 13.5. The normalized spacial score (nSPS) is 23.8. The zero-order valence-corrected chi connectivity index (χ0v) is 14.0. The van der Waals surface area contributed by atoms with Crippen LogP contribution in [0.4, 0.5) is 0 Å². The molecule has 1 aromatic rings. The highest BCUT2D eigenvalue weighted by atomic mass is 16.3. The van der Waals surface area contributed by atoms with Crippen LogP contribution in [0.2, 0.25) is 0 Å². The van der Waals surface area contributed by atoms with Gasteiger partial charge in [-0.3, -0.25) is 0 Å². The molecule has 1 aliphatic rings. The fraction of sp³-hybridized carbons (Fsp3) is 0.684. The van der Waals surface area contributed by atoms with Crippen LogP contribution in [0.5, 0.6) is 0 Å². The quantitative estimate of drug-likeness (QED) is 0.782. The van der Waals surface area contributed by atoms with E-state index in [0.29, 0.717) is 5.92 Å². The number of rotatable bonds is 2. The molecule has 0 spiro atoms. The number of benzene rings is 1. The van der Waals surface area contributed by atoms with Crippen LogP contribution < -0.4 is 0 Å². The maximum Gasteiger partial charge on any atom is 0.0906 e. The van der Waals surface area contributed by atoms with Crippen LogP contribution in [-0.2, 0) is 5.60 Å². The van der Waals surface area contributed by atoms with Gasteiger partial charge in [-0.05, 0) is 47.1 Å². The third-order valence-electron chi connectivity index (χ3n) is 4.61. The lowest BCUT2D eigenvalue weighted by Crippen LogP contribution is -2.44. The molecular weight excluding hydrogens is 244 g/mol. The minimum Gasteiger partial charge on any atom is -0.385 e. The Morgan fingerprint density at radius 2 is 1.30 bits per heavy atom. The lowest BCUT2D eigenvalue weighted by atomic mass is 9.58. The Hall–Kier alpha value is -0.820. The van der Waals surface area contributed by atoms with E-state index in [4.69, 9.17) is 0 Å². The molecule has 1 nitrogen and oxygen atoms in total. The Kier molecular flexibility index (Phi) is 3.79. The summed E-state index contributed by atoms with van der Waals surface area (Å²) >= 11 is 0. The van der Waals surface area contributed by atoms with Crippen LogP contribution >= 0.6 is 0 Å². The molecule has 0 aromatic heterocycles. The van der Waals surface area contributed by atoms with E-state index in [2.05, 4.69) is 65.8 Å². The van der Waals surface area contributed by atoms with E-state index in [1.807, 2.05) is 0 Å². The summed E-state index contributed by atoms with van der Waals surface area (Å²) < 4.78 is 0. The van der Waals surface area contributed by atoms with Crippen LogP contribution in [0.15, 0.2) is 24.3 Å². The Bertz CT molecular complexity index is 449. The molecule has 0 heterocycles. The van der Waals surface area contributed by atoms with Crippen molar-refractivity contribution >= 4 is 0 Å². The summed E-state index contributed by atoms with van der Waals surface area (Å²) in [5.74, 6) is 0.540. The van der Waals surface area contributed by atoms with Gasteiger partial charge in [0.25, 0.3) is 0 Å². The van der Waals surface area contributed by atoms with Gasteiger partial charge in [0.05, 0.1) is 5.60 Å². The minimum atomic E-state index is -0.680. The van der Waals surface area contributed by atoms with Crippen LogP contribution in [0, 0.1) is 10.8 Å². The second-order valence-corrected chi connectivity index (χ2v) is 8.67. The van der Waals surface area contributed by atoms with Gasteiger partial charge in [0, 0.05) is 0 Å². The molecule has 0 bridgehead atoms. The number of aliphatic hydroxyl groups is 1. The fourth-order valence-corrected chi connectivity index (χ4v) is 4.45. The van der Waals surface area contributed by atoms with E-state index in [0.717, 1.165) is 18.4 Å². The van der Waals surface area contributed by atoms with Gasteiger partial charge in [0.2, 0.25) is 0 Å². The molecule has 2 rings (SSSR count). The average Bonchev–Trinajstić information content (AvgIpc) is 2.24. The zero-order chi connectivity index (χ0) is 15.2. The van der Waals surface area contributed by atoms with E-state index < -0.39 is 5.60 Å². The van der Waals surface area contributed by atoms with E-state index in [9.17, 15) is 5.11 Å². The van der Waals surface area contributed by atoms with Crippen molar-refractivity contribution in [2.75, 3.05) is 0 Å². The second-order valence-electron chi connectivity index (χ2n) is 8.67. The fourth-order valence-electron chi connectivity index (χ4n) is 4.45. The predicted molar refractivity (Wildman–Crippen MR) is 85.8 cm³/mol. The third kappa shape index (κ3) is 3.25. The van der Waals surface area contributed by atoms with Crippen LogP contribution in [-0.4, -0.2) is 5.11 Å². The van der Waals surface area contributed by atoms with Gasteiger partial charge < -0.3 is 5.11 Å². The topological polar surface area (TPSA) is 20.2 Å². The summed E-state index contributed by atoms with van der Waals surface area (Å²) in [6, 6.07) is 8.61. The van der Waals surface area contributed by atoms with Crippen molar-refractivity contribution in [2.45, 2.75) is 72.3 Å². The Morgan fingerprint density at radius 1 is 0.850 bits per heavy atom. The molecule has 1 fully saturated rings. The van der Waals surface area contributed by atoms with Crippen molar-refractivity contribution in [1.29, 1.82) is 0 Å². The van der Waals surface area contributed by atoms with Gasteiger partial charge in [-0.15, -0.1) is 0 Å².